The summed E-state index contributed by atoms with van der Waals surface area (Å²) in [5.41, 5.74) is 0.535. The predicted octanol–water partition coefficient (Wildman–Crippen LogP) is 2.49. The van der Waals surface area contributed by atoms with Crippen molar-refractivity contribution in [1.29, 1.82) is 0 Å². The number of halogens is 1. The molecule has 3 amide bonds. The maximum atomic E-state index is 11.7. The minimum absolute atomic E-state index is 0.224. The summed E-state index contributed by atoms with van der Waals surface area (Å²) in [5, 5.41) is 8.25. The number of benzene rings is 1. The molecule has 0 unspecified atom stereocenters. The molecule has 8 heteroatoms. The Morgan fingerprint density at radius 1 is 1.22 bits per heavy atom. The van der Waals surface area contributed by atoms with Gasteiger partial charge in [-0.25, -0.2) is 4.79 Å². The summed E-state index contributed by atoms with van der Waals surface area (Å²) in [5.74, 6) is 0.416. The van der Waals surface area contributed by atoms with E-state index >= 15 is 0 Å². The molecule has 3 N–H and O–H groups in total. The summed E-state index contributed by atoms with van der Waals surface area (Å²) in [6, 6.07) is 7.69. The number of anilines is 1. The van der Waals surface area contributed by atoms with Crippen molar-refractivity contribution in [2.45, 2.75) is 0 Å². The lowest BCUT2D eigenvalue weighted by atomic mass is 10.3. The van der Waals surface area contributed by atoms with Crippen LogP contribution in [0, 0.1) is 0 Å². The molecule has 0 aliphatic carbocycles. The van der Waals surface area contributed by atoms with E-state index in [1.54, 1.807) is 30.3 Å². The van der Waals surface area contributed by atoms with Crippen LogP contribution >= 0.6 is 11.6 Å². The smallest absolute Gasteiger partial charge is 0.319 e. The minimum Gasteiger partial charge on any atom is -0.495 e. The third kappa shape index (κ3) is 4.93. The van der Waals surface area contributed by atoms with Crippen LogP contribution in [0.1, 0.15) is 10.6 Å². The molecule has 0 saturated carbocycles. The van der Waals surface area contributed by atoms with E-state index in [2.05, 4.69) is 16.0 Å². The highest BCUT2D eigenvalue weighted by Gasteiger charge is 2.08. The Balaban J connectivity index is 1.71. The molecule has 0 bridgehead atoms. The number of urea groups is 1. The van der Waals surface area contributed by atoms with Crippen molar-refractivity contribution in [3.8, 4) is 5.75 Å². The Morgan fingerprint density at radius 3 is 2.65 bits per heavy atom. The molecule has 0 saturated heterocycles. The fraction of sp³-hybridized carbons (Fsp3) is 0.200. The molecule has 1 aromatic carbocycles. The third-order valence-corrected chi connectivity index (χ3v) is 3.15. The fourth-order valence-electron chi connectivity index (χ4n) is 1.77. The van der Waals surface area contributed by atoms with Crippen LogP contribution < -0.4 is 20.7 Å². The summed E-state index contributed by atoms with van der Waals surface area (Å²) in [6.07, 6.45) is 1.42. The van der Waals surface area contributed by atoms with E-state index in [0.717, 1.165) is 0 Å². The number of carbonyl (C=O) groups is 2. The van der Waals surface area contributed by atoms with Gasteiger partial charge in [0.1, 0.15) is 5.75 Å². The van der Waals surface area contributed by atoms with Crippen LogP contribution in [0.4, 0.5) is 10.5 Å². The van der Waals surface area contributed by atoms with Crippen molar-refractivity contribution in [2.75, 3.05) is 25.5 Å². The molecule has 0 spiro atoms. The number of furan rings is 1. The molecule has 1 heterocycles. The summed E-state index contributed by atoms with van der Waals surface area (Å²) in [7, 11) is 1.51. The van der Waals surface area contributed by atoms with Gasteiger partial charge in [-0.15, -0.1) is 0 Å². The van der Waals surface area contributed by atoms with Gasteiger partial charge in [-0.1, -0.05) is 11.6 Å². The van der Waals surface area contributed by atoms with Gasteiger partial charge in [0.05, 0.1) is 18.4 Å². The molecule has 0 atom stereocenters. The maximum Gasteiger partial charge on any atom is 0.319 e. The molecular weight excluding hydrogens is 322 g/mol. The van der Waals surface area contributed by atoms with Gasteiger partial charge in [0.2, 0.25) is 0 Å². The Kier molecular flexibility index (Phi) is 5.87. The second kappa shape index (κ2) is 8.09. The van der Waals surface area contributed by atoms with Gasteiger partial charge in [0.25, 0.3) is 5.91 Å². The minimum atomic E-state index is -0.404. The number of ether oxygens (including phenoxy) is 1. The summed E-state index contributed by atoms with van der Waals surface area (Å²) in [6.45, 7) is 0.540. The molecule has 122 valence electrons. The van der Waals surface area contributed by atoms with Crippen molar-refractivity contribution >= 4 is 29.2 Å². The Hall–Kier alpha value is -2.67. The molecular formula is C15H16ClN3O4. The highest BCUT2D eigenvalue weighted by Crippen LogP contribution is 2.26. The Labute approximate surface area is 137 Å². The zero-order valence-corrected chi connectivity index (χ0v) is 13.1. The average molecular weight is 338 g/mol. The van der Waals surface area contributed by atoms with Crippen molar-refractivity contribution < 1.29 is 18.7 Å². The first-order valence-corrected chi connectivity index (χ1v) is 7.18. The van der Waals surface area contributed by atoms with E-state index in [1.165, 1.54) is 13.4 Å². The molecule has 23 heavy (non-hydrogen) atoms. The van der Waals surface area contributed by atoms with E-state index in [-0.39, 0.29) is 24.8 Å². The van der Waals surface area contributed by atoms with Gasteiger partial charge in [-0.05, 0) is 30.3 Å². The van der Waals surface area contributed by atoms with Gasteiger partial charge in [-0.2, -0.15) is 0 Å². The van der Waals surface area contributed by atoms with Gasteiger partial charge >= 0.3 is 6.03 Å². The summed E-state index contributed by atoms with van der Waals surface area (Å²) in [4.78, 5) is 23.3. The molecule has 0 aliphatic heterocycles. The monoisotopic (exact) mass is 337 g/mol. The average Bonchev–Trinajstić information content (AvgIpc) is 3.06. The van der Waals surface area contributed by atoms with E-state index < -0.39 is 6.03 Å². The van der Waals surface area contributed by atoms with Crippen molar-refractivity contribution in [3.63, 3.8) is 0 Å². The van der Waals surface area contributed by atoms with Crippen LogP contribution in [0.15, 0.2) is 41.0 Å². The molecule has 0 aliphatic rings. The molecule has 2 rings (SSSR count). The lowest BCUT2D eigenvalue weighted by molar-refractivity contribution is 0.0926. The SMILES string of the molecule is COc1ccc(NC(=O)NCCNC(=O)c2ccco2)cc1Cl. The number of methoxy groups -OCH3 is 1. The maximum absolute atomic E-state index is 11.7. The van der Waals surface area contributed by atoms with E-state index in [4.69, 9.17) is 20.8 Å². The van der Waals surface area contributed by atoms with Crippen LogP contribution in [0.5, 0.6) is 5.75 Å². The first kappa shape index (κ1) is 16.7. The van der Waals surface area contributed by atoms with E-state index in [9.17, 15) is 9.59 Å². The number of hydrogen-bond donors (Lipinski definition) is 3. The van der Waals surface area contributed by atoms with Crippen LogP contribution in [0.2, 0.25) is 5.02 Å². The first-order chi connectivity index (χ1) is 11.1. The number of hydrogen-bond acceptors (Lipinski definition) is 4. The Bertz CT molecular complexity index is 673. The molecule has 2 aromatic rings. The van der Waals surface area contributed by atoms with Gasteiger partial charge in [-0.3, -0.25) is 4.79 Å². The number of carbonyl (C=O) groups excluding carboxylic acids is 2. The predicted molar refractivity (Wildman–Crippen MR) is 86.1 cm³/mol. The summed E-state index contributed by atoms with van der Waals surface area (Å²) < 4.78 is 9.98. The zero-order valence-electron chi connectivity index (χ0n) is 12.4. The van der Waals surface area contributed by atoms with E-state index in [1.807, 2.05) is 0 Å². The standard InChI is InChI=1S/C15H16ClN3O4/c1-22-12-5-4-10(9-11(12)16)19-15(21)18-7-6-17-14(20)13-3-2-8-23-13/h2-5,8-9H,6-7H2,1H3,(H,17,20)(H2,18,19,21). The van der Waals surface area contributed by atoms with Crippen molar-refractivity contribution in [3.05, 3.63) is 47.4 Å². The second-order valence-corrected chi connectivity index (χ2v) is 4.87. The van der Waals surface area contributed by atoms with Crippen molar-refractivity contribution in [2.24, 2.45) is 0 Å². The zero-order chi connectivity index (χ0) is 16.7. The Morgan fingerprint density at radius 2 is 2.00 bits per heavy atom. The highest BCUT2D eigenvalue weighted by atomic mass is 35.5. The first-order valence-electron chi connectivity index (χ1n) is 6.80. The number of nitrogens with one attached hydrogen (secondary N) is 3. The van der Waals surface area contributed by atoms with Crippen LogP contribution in [0.3, 0.4) is 0 Å². The lowest BCUT2D eigenvalue weighted by Gasteiger charge is -2.09. The van der Waals surface area contributed by atoms with Crippen LogP contribution in [-0.2, 0) is 0 Å². The van der Waals surface area contributed by atoms with Gasteiger partial charge < -0.3 is 25.1 Å². The summed E-state index contributed by atoms with van der Waals surface area (Å²) >= 11 is 5.97. The van der Waals surface area contributed by atoms with Gasteiger partial charge in [0, 0.05) is 18.8 Å². The van der Waals surface area contributed by atoms with Crippen LogP contribution in [0.25, 0.3) is 0 Å². The lowest BCUT2D eigenvalue weighted by Crippen LogP contribution is -2.36. The fourth-order valence-corrected chi connectivity index (χ4v) is 2.02. The highest BCUT2D eigenvalue weighted by molar-refractivity contribution is 6.32. The molecule has 0 fully saturated rings. The molecule has 0 radical (unpaired) electrons. The topological polar surface area (TPSA) is 92.6 Å². The van der Waals surface area contributed by atoms with Gasteiger partial charge in [0.15, 0.2) is 5.76 Å². The quantitative estimate of drug-likeness (QED) is 0.706. The largest absolute Gasteiger partial charge is 0.495 e. The third-order valence-electron chi connectivity index (χ3n) is 2.85. The van der Waals surface area contributed by atoms with E-state index in [0.29, 0.717) is 16.5 Å². The van der Waals surface area contributed by atoms with Crippen LogP contribution in [-0.4, -0.2) is 32.1 Å². The normalized spacial score (nSPS) is 10.0. The second-order valence-electron chi connectivity index (χ2n) is 4.46. The van der Waals surface area contributed by atoms with Crippen molar-refractivity contribution in [1.82, 2.24) is 10.6 Å². The number of amides is 3. The molecule has 7 nitrogen and oxygen atoms in total. The number of rotatable bonds is 6. The molecule has 1 aromatic heterocycles.